The van der Waals surface area contributed by atoms with Crippen molar-refractivity contribution in [3.63, 3.8) is 0 Å². The van der Waals surface area contributed by atoms with E-state index in [2.05, 4.69) is 39.5 Å². The van der Waals surface area contributed by atoms with Crippen LogP contribution in [0, 0.1) is 5.82 Å². The molecule has 0 amide bonds. The van der Waals surface area contributed by atoms with Gasteiger partial charge in [0.05, 0.1) is 5.56 Å². The van der Waals surface area contributed by atoms with Crippen molar-refractivity contribution in [1.82, 2.24) is 4.90 Å². The number of hydrogen-bond acceptors (Lipinski definition) is 4. The van der Waals surface area contributed by atoms with Crippen LogP contribution in [-0.2, 0) is 6.54 Å². The van der Waals surface area contributed by atoms with Gasteiger partial charge in [-0.1, -0.05) is 36.4 Å². The molecular formula is C19H23Cl2FN4. The van der Waals surface area contributed by atoms with Crippen LogP contribution >= 0.6 is 24.8 Å². The minimum atomic E-state index is -0.405. The number of benzene rings is 2. The maximum Gasteiger partial charge on any atom is 0.136 e. The number of nitrogens with two attached hydrogens (primary N) is 1. The molecule has 0 saturated carbocycles. The van der Waals surface area contributed by atoms with Gasteiger partial charge in [-0.3, -0.25) is 4.90 Å². The summed E-state index contributed by atoms with van der Waals surface area (Å²) in [7, 11) is 0. The van der Waals surface area contributed by atoms with Crippen molar-refractivity contribution in [2.75, 3.05) is 18.4 Å². The van der Waals surface area contributed by atoms with E-state index in [1.807, 2.05) is 12.1 Å². The summed E-state index contributed by atoms with van der Waals surface area (Å²) in [6.07, 6.45) is 1.72. The number of nitrogens with one attached hydrogen (secondary N) is 1. The van der Waals surface area contributed by atoms with Gasteiger partial charge in [0, 0.05) is 38.2 Å². The van der Waals surface area contributed by atoms with Gasteiger partial charge in [0.1, 0.15) is 17.3 Å². The summed E-state index contributed by atoms with van der Waals surface area (Å²) in [6, 6.07) is 15.5. The lowest BCUT2D eigenvalue weighted by Gasteiger charge is -2.42. The average Bonchev–Trinajstić information content (AvgIpc) is 2.58. The Hall–Kier alpha value is -1.82. The molecule has 2 heterocycles. The van der Waals surface area contributed by atoms with Crippen LogP contribution in [0.4, 0.5) is 10.1 Å². The predicted molar refractivity (Wildman–Crippen MR) is 109 cm³/mol. The van der Waals surface area contributed by atoms with Gasteiger partial charge < -0.3 is 11.1 Å². The first-order chi connectivity index (χ1) is 11.7. The van der Waals surface area contributed by atoms with Crippen molar-refractivity contribution in [2.45, 2.75) is 25.0 Å². The molecular weight excluding hydrogens is 374 g/mol. The molecule has 7 heteroatoms. The Morgan fingerprint density at radius 2 is 1.73 bits per heavy atom. The molecule has 2 aliphatic rings. The molecule has 0 bridgehead atoms. The van der Waals surface area contributed by atoms with Crippen LogP contribution in [-0.4, -0.2) is 29.5 Å². The number of halogens is 3. The number of rotatable bonds is 2. The summed E-state index contributed by atoms with van der Waals surface area (Å²) in [6.45, 7) is 2.81. The number of anilines is 1. The Bertz CT molecular complexity index is 774. The van der Waals surface area contributed by atoms with E-state index in [0.717, 1.165) is 38.2 Å². The Kier molecular flexibility index (Phi) is 6.50. The lowest BCUT2D eigenvalue weighted by Crippen LogP contribution is -2.50. The second-order valence-electron chi connectivity index (χ2n) is 6.58. The molecule has 4 nitrogen and oxygen atoms in total. The quantitative estimate of drug-likeness (QED) is 0.811. The van der Waals surface area contributed by atoms with Crippen LogP contribution in [0.1, 0.15) is 24.0 Å². The first kappa shape index (κ1) is 20.5. The lowest BCUT2D eigenvalue weighted by molar-refractivity contribution is 0.170. The van der Waals surface area contributed by atoms with Crippen LogP contribution in [0.2, 0.25) is 0 Å². The fraction of sp³-hybridized carbons (Fsp3) is 0.316. The zero-order valence-electron chi connectivity index (χ0n) is 14.3. The van der Waals surface area contributed by atoms with Gasteiger partial charge in [-0.05, 0) is 17.7 Å². The van der Waals surface area contributed by atoms with Gasteiger partial charge in [-0.25, -0.2) is 9.38 Å². The van der Waals surface area contributed by atoms with E-state index in [0.29, 0.717) is 11.4 Å². The van der Waals surface area contributed by atoms with Crippen LogP contribution in [0.3, 0.4) is 0 Å². The van der Waals surface area contributed by atoms with Crippen LogP contribution in [0.5, 0.6) is 0 Å². The molecule has 26 heavy (non-hydrogen) atoms. The number of fused-ring (bicyclic) bond motifs is 1. The Morgan fingerprint density at radius 1 is 1.04 bits per heavy atom. The molecule has 3 N–H and O–H groups in total. The number of amidine groups is 1. The van der Waals surface area contributed by atoms with Crippen LogP contribution in [0.15, 0.2) is 53.5 Å². The molecule has 0 unspecified atom stereocenters. The maximum absolute atomic E-state index is 14.0. The Morgan fingerprint density at radius 3 is 2.42 bits per heavy atom. The molecule has 2 aromatic carbocycles. The fourth-order valence-electron chi connectivity index (χ4n) is 3.61. The van der Waals surface area contributed by atoms with E-state index in [4.69, 9.17) is 5.73 Å². The standard InChI is InChI=1S/C19H21FN4.2ClH/c20-15-7-4-8-16-17(15)18(21)23-19(22-16)9-11-24(12-10-19)13-14-5-2-1-3-6-14;;/h1-8,22H,9-13H2,(H2,21,23);2*1H. The first-order valence-electron chi connectivity index (χ1n) is 8.34. The number of aliphatic imine (C=N–C) groups is 1. The van der Waals surface area contributed by atoms with Crippen molar-refractivity contribution in [1.29, 1.82) is 0 Å². The van der Waals surface area contributed by atoms with Gasteiger partial charge in [-0.15, -0.1) is 24.8 Å². The van der Waals surface area contributed by atoms with E-state index >= 15 is 0 Å². The molecule has 2 aliphatic heterocycles. The van der Waals surface area contributed by atoms with Gasteiger partial charge in [0.25, 0.3) is 0 Å². The highest BCUT2D eigenvalue weighted by Crippen LogP contribution is 2.35. The van der Waals surface area contributed by atoms with Gasteiger partial charge >= 0.3 is 0 Å². The Labute approximate surface area is 165 Å². The predicted octanol–water partition coefficient (Wildman–Crippen LogP) is 3.79. The molecule has 0 radical (unpaired) electrons. The minimum absolute atomic E-state index is 0. The largest absolute Gasteiger partial charge is 0.383 e. The Balaban J connectivity index is 0.00000121. The molecule has 1 fully saturated rings. The highest BCUT2D eigenvalue weighted by Gasteiger charge is 2.38. The first-order valence-corrected chi connectivity index (χ1v) is 8.34. The second-order valence-corrected chi connectivity index (χ2v) is 6.58. The van der Waals surface area contributed by atoms with E-state index in [9.17, 15) is 4.39 Å². The normalized spacial score (nSPS) is 18.0. The SMILES string of the molecule is Cl.Cl.NC1=NC2(CCN(Cc3ccccc3)CC2)Nc2cccc(F)c21. The number of hydrogen-bond donors (Lipinski definition) is 2. The van der Waals surface area contributed by atoms with Crippen molar-refractivity contribution >= 4 is 36.3 Å². The second kappa shape index (κ2) is 8.25. The summed E-state index contributed by atoms with van der Waals surface area (Å²) in [5.74, 6) is -0.0176. The molecule has 0 atom stereocenters. The highest BCUT2D eigenvalue weighted by molar-refractivity contribution is 6.04. The molecule has 2 aromatic rings. The average molecular weight is 397 g/mol. The van der Waals surface area contributed by atoms with E-state index in [1.165, 1.54) is 11.6 Å². The number of nitrogens with zero attached hydrogens (tertiary/aromatic N) is 2. The van der Waals surface area contributed by atoms with Crippen LogP contribution < -0.4 is 11.1 Å². The summed E-state index contributed by atoms with van der Waals surface area (Å²) in [4.78, 5) is 7.06. The maximum atomic E-state index is 14.0. The summed E-state index contributed by atoms with van der Waals surface area (Å²) < 4.78 is 14.0. The van der Waals surface area contributed by atoms with Crippen molar-refractivity contribution in [3.05, 3.63) is 65.5 Å². The molecule has 140 valence electrons. The monoisotopic (exact) mass is 396 g/mol. The van der Waals surface area contributed by atoms with E-state index < -0.39 is 5.66 Å². The molecule has 1 spiro atoms. The van der Waals surface area contributed by atoms with Crippen LogP contribution in [0.25, 0.3) is 0 Å². The number of likely N-dealkylation sites (tertiary alicyclic amines) is 1. The summed E-state index contributed by atoms with van der Waals surface area (Å²) in [5.41, 5.74) is 8.13. The minimum Gasteiger partial charge on any atom is -0.383 e. The van der Waals surface area contributed by atoms with Gasteiger partial charge in [0.15, 0.2) is 0 Å². The van der Waals surface area contributed by atoms with Crippen molar-refractivity contribution < 1.29 is 4.39 Å². The zero-order valence-corrected chi connectivity index (χ0v) is 16.0. The number of piperidine rings is 1. The highest BCUT2D eigenvalue weighted by atomic mass is 35.5. The van der Waals surface area contributed by atoms with E-state index in [1.54, 1.807) is 6.07 Å². The van der Waals surface area contributed by atoms with Crippen molar-refractivity contribution in [3.8, 4) is 0 Å². The smallest absolute Gasteiger partial charge is 0.136 e. The summed E-state index contributed by atoms with van der Waals surface area (Å²) >= 11 is 0. The van der Waals surface area contributed by atoms with Gasteiger partial charge in [0.2, 0.25) is 0 Å². The third-order valence-corrected chi connectivity index (χ3v) is 4.90. The van der Waals surface area contributed by atoms with Gasteiger partial charge in [-0.2, -0.15) is 0 Å². The third kappa shape index (κ3) is 3.95. The molecule has 0 aliphatic carbocycles. The molecule has 1 saturated heterocycles. The fourth-order valence-corrected chi connectivity index (χ4v) is 3.61. The summed E-state index contributed by atoms with van der Waals surface area (Å²) in [5, 5.41) is 3.43. The van der Waals surface area contributed by atoms with E-state index in [-0.39, 0.29) is 30.6 Å². The molecule has 0 aromatic heterocycles. The third-order valence-electron chi connectivity index (χ3n) is 4.90. The molecule has 4 rings (SSSR count). The van der Waals surface area contributed by atoms with Crippen molar-refractivity contribution in [2.24, 2.45) is 10.7 Å². The lowest BCUT2D eigenvalue weighted by atomic mass is 9.93. The topological polar surface area (TPSA) is 53.6 Å². The zero-order chi connectivity index (χ0) is 16.6.